The van der Waals surface area contributed by atoms with Gasteiger partial charge in [0, 0.05) is 13.2 Å². The summed E-state index contributed by atoms with van der Waals surface area (Å²) in [5.41, 5.74) is 10.3. The number of hydrogen-bond donors (Lipinski definition) is 2. The zero-order valence-electron chi connectivity index (χ0n) is 10.1. The molecule has 1 aromatic rings. The minimum absolute atomic E-state index is 0.157. The zero-order chi connectivity index (χ0) is 13.3. The smallest absolute Gasteiger partial charge is 0.249 e. The van der Waals surface area contributed by atoms with Gasteiger partial charge in [-0.3, -0.25) is 9.59 Å². The normalized spacial score (nSPS) is 9.06. The Morgan fingerprint density at radius 2 is 1.35 bits per heavy atom. The molecule has 5 heteroatoms. The van der Waals surface area contributed by atoms with Crippen LogP contribution in [0.15, 0.2) is 24.3 Å². The summed E-state index contributed by atoms with van der Waals surface area (Å²) in [5, 5.41) is 0. The molecule has 0 fully saturated rings. The highest BCUT2D eigenvalue weighted by atomic mass is 16.5. The van der Waals surface area contributed by atoms with Crippen LogP contribution >= 0.6 is 0 Å². The summed E-state index contributed by atoms with van der Waals surface area (Å²) in [6.45, 7) is 5.67. The maximum atomic E-state index is 10.7. The molecule has 0 atom stereocenters. The zero-order valence-corrected chi connectivity index (χ0v) is 10.1. The minimum Gasteiger partial charge on any atom is -0.382 e. The fraction of sp³-hybridized carbons (Fsp3) is 0.333. The molecule has 0 heterocycles. The van der Waals surface area contributed by atoms with Crippen molar-refractivity contribution in [2.45, 2.75) is 13.8 Å². The van der Waals surface area contributed by atoms with Crippen LogP contribution in [-0.4, -0.2) is 25.0 Å². The number of amides is 2. The van der Waals surface area contributed by atoms with Crippen molar-refractivity contribution in [2.75, 3.05) is 13.2 Å². The van der Waals surface area contributed by atoms with Gasteiger partial charge in [-0.2, -0.15) is 0 Å². The Kier molecular flexibility index (Phi) is 7.38. The number of primary amides is 2. The highest BCUT2D eigenvalue weighted by Crippen LogP contribution is 2.06. The van der Waals surface area contributed by atoms with Crippen molar-refractivity contribution in [3.63, 3.8) is 0 Å². The molecule has 2 amide bonds. The Balaban J connectivity index is 0.000000437. The van der Waals surface area contributed by atoms with Gasteiger partial charge in [0.25, 0.3) is 0 Å². The number of carbonyl (C=O) groups is 2. The SMILES string of the molecule is CCOCC.NC(=O)c1ccccc1C(N)=O. The first kappa shape index (κ1) is 15.1. The maximum Gasteiger partial charge on any atom is 0.249 e. The van der Waals surface area contributed by atoms with Crippen LogP contribution in [0.5, 0.6) is 0 Å². The van der Waals surface area contributed by atoms with Crippen molar-refractivity contribution < 1.29 is 14.3 Å². The molecule has 0 bridgehead atoms. The van der Waals surface area contributed by atoms with E-state index in [1.54, 1.807) is 12.1 Å². The molecule has 4 N–H and O–H groups in total. The van der Waals surface area contributed by atoms with E-state index in [1.165, 1.54) is 12.1 Å². The highest BCUT2D eigenvalue weighted by Gasteiger charge is 2.10. The Morgan fingerprint density at radius 1 is 1.00 bits per heavy atom. The van der Waals surface area contributed by atoms with Gasteiger partial charge in [0.1, 0.15) is 0 Å². The van der Waals surface area contributed by atoms with E-state index in [-0.39, 0.29) is 11.1 Å². The second-order valence-electron chi connectivity index (χ2n) is 3.06. The van der Waals surface area contributed by atoms with Crippen molar-refractivity contribution in [1.29, 1.82) is 0 Å². The molecule has 94 valence electrons. The third-order valence-corrected chi connectivity index (χ3v) is 1.87. The van der Waals surface area contributed by atoms with Gasteiger partial charge >= 0.3 is 0 Å². The molecular formula is C12H18N2O3. The largest absolute Gasteiger partial charge is 0.382 e. The van der Waals surface area contributed by atoms with Gasteiger partial charge in [-0.05, 0) is 26.0 Å². The third-order valence-electron chi connectivity index (χ3n) is 1.87. The van der Waals surface area contributed by atoms with Crippen molar-refractivity contribution in [1.82, 2.24) is 0 Å². The van der Waals surface area contributed by atoms with E-state index in [0.717, 1.165) is 13.2 Å². The van der Waals surface area contributed by atoms with Crippen molar-refractivity contribution in [3.8, 4) is 0 Å². The molecule has 17 heavy (non-hydrogen) atoms. The summed E-state index contributed by atoms with van der Waals surface area (Å²) >= 11 is 0. The van der Waals surface area contributed by atoms with Gasteiger partial charge in [-0.15, -0.1) is 0 Å². The summed E-state index contributed by atoms with van der Waals surface area (Å²) in [7, 11) is 0. The molecule has 0 aliphatic carbocycles. The molecule has 1 aromatic carbocycles. The van der Waals surface area contributed by atoms with Gasteiger partial charge in [-0.25, -0.2) is 0 Å². The van der Waals surface area contributed by atoms with Crippen LogP contribution in [0.1, 0.15) is 34.6 Å². The van der Waals surface area contributed by atoms with Crippen molar-refractivity contribution in [3.05, 3.63) is 35.4 Å². The van der Waals surface area contributed by atoms with Crippen molar-refractivity contribution >= 4 is 11.8 Å². The number of hydrogen-bond acceptors (Lipinski definition) is 3. The number of benzene rings is 1. The summed E-state index contributed by atoms with van der Waals surface area (Å²) < 4.78 is 4.83. The van der Waals surface area contributed by atoms with E-state index in [0.29, 0.717) is 0 Å². The lowest BCUT2D eigenvalue weighted by Crippen LogP contribution is -2.20. The fourth-order valence-corrected chi connectivity index (χ4v) is 1.12. The van der Waals surface area contributed by atoms with Crippen molar-refractivity contribution in [2.24, 2.45) is 11.5 Å². The Morgan fingerprint density at radius 3 is 1.53 bits per heavy atom. The quantitative estimate of drug-likeness (QED) is 0.816. The lowest BCUT2D eigenvalue weighted by molar-refractivity contribution is 0.0967. The fourth-order valence-electron chi connectivity index (χ4n) is 1.12. The minimum atomic E-state index is -0.649. The number of nitrogens with two attached hydrogens (primary N) is 2. The molecule has 0 saturated heterocycles. The van der Waals surface area contributed by atoms with Crippen LogP contribution < -0.4 is 11.5 Å². The topological polar surface area (TPSA) is 95.4 Å². The van der Waals surface area contributed by atoms with Crippen LogP contribution in [0.4, 0.5) is 0 Å². The maximum absolute atomic E-state index is 10.7. The Bertz CT molecular complexity index is 343. The number of carbonyl (C=O) groups excluding carboxylic acids is 2. The molecule has 0 saturated carbocycles. The van der Waals surface area contributed by atoms with E-state index in [2.05, 4.69) is 0 Å². The van der Waals surface area contributed by atoms with Gasteiger partial charge < -0.3 is 16.2 Å². The average Bonchev–Trinajstić information content (AvgIpc) is 2.30. The molecule has 0 aliphatic rings. The monoisotopic (exact) mass is 238 g/mol. The predicted octanol–water partition coefficient (Wildman–Crippen LogP) is 0.927. The summed E-state index contributed by atoms with van der Waals surface area (Å²) in [4.78, 5) is 21.5. The molecule has 0 unspecified atom stereocenters. The predicted molar refractivity (Wildman–Crippen MR) is 65.6 cm³/mol. The van der Waals surface area contributed by atoms with Crippen LogP contribution in [0.25, 0.3) is 0 Å². The van der Waals surface area contributed by atoms with Crippen LogP contribution in [-0.2, 0) is 4.74 Å². The van der Waals surface area contributed by atoms with Gasteiger partial charge in [0.05, 0.1) is 11.1 Å². The first-order valence-corrected chi connectivity index (χ1v) is 5.30. The van der Waals surface area contributed by atoms with Crippen LogP contribution in [0.2, 0.25) is 0 Å². The van der Waals surface area contributed by atoms with Crippen LogP contribution in [0, 0.1) is 0 Å². The molecule has 1 rings (SSSR count). The summed E-state index contributed by atoms with van der Waals surface area (Å²) in [6, 6.07) is 6.16. The molecule has 0 spiro atoms. The van der Waals surface area contributed by atoms with E-state index >= 15 is 0 Å². The number of rotatable bonds is 4. The molecule has 5 nitrogen and oxygen atoms in total. The second-order valence-corrected chi connectivity index (χ2v) is 3.06. The third kappa shape index (κ3) is 5.67. The number of ether oxygens (including phenoxy) is 1. The molecule has 0 aromatic heterocycles. The van der Waals surface area contributed by atoms with E-state index in [1.807, 2.05) is 13.8 Å². The lowest BCUT2D eigenvalue weighted by Gasteiger charge is -2.00. The Labute approximate surface area is 101 Å². The standard InChI is InChI=1S/C8H8N2O2.C4H10O/c9-7(11)5-3-1-2-4-6(5)8(10)12;1-3-5-4-2/h1-4H,(H2,9,11)(H2,10,12);3-4H2,1-2H3. The lowest BCUT2D eigenvalue weighted by atomic mass is 10.1. The first-order valence-electron chi connectivity index (χ1n) is 5.30. The molecule has 0 aliphatic heterocycles. The molecule has 0 radical (unpaired) electrons. The molecular weight excluding hydrogens is 220 g/mol. The van der Waals surface area contributed by atoms with Gasteiger partial charge in [0.2, 0.25) is 11.8 Å². The van der Waals surface area contributed by atoms with E-state index < -0.39 is 11.8 Å². The average molecular weight is 238 g/mol. The second kappa shape index (κ2) is 8.29. The van der Waals surface area contributed by atoms with Gasteiger partial charge in [-0.1, -0.05) is 12.1 Å². The first-order chi connectivity index (χ1) is 8.04. The Hall–Kier alpha value is -1.88. The highest BCUT2D eigenvalue weighted by molar-refractivity contribution is 6.06. The van der Waals surface area contributed by atoms with E-state index in [4.69, 9.17) is 16.2 Å². The van der Waals surface area contributed by atoms with Gasteiger partial charge in [0.15, 0.2) is 0 Å². The summed E-state index contributed by atoms with van der Waals surface area (Å²) in [5.74, 6) is -1.30. The summed E-state index contributed by atoms with van der Waals surface area (Å²) in [6.07, 6.45) is 0. The van der Waals surface area contributed by atoms with Crippen LogP contribution in [0.3, 0.4) is 0 Å². The van der Waals surface area contributed by atoms with E-state index in [9.17, 15) is 9.59 Å².